The molecule has 6 heteroatoms. The molecule has 4 nitrogen and oxygen atoms in total. The van der Waals surface area contributed by atoms with Gasteiger partial charge in [0.25, 0.3) is 0 Å². The van der Waals surface area contributed by atoms with Gasteiger partial charge in [-0.15, -0.1) is 0 Å². The summed E-state index contributed by atoms with van der Waals surface area (Å²) >= 11 is 5.84. The van der Waals surface area contributed by atoms with Gasteiger partial charge in [0.05, 0.1) is 4.90 Å². The van der Waals surface area contributed by atoms with Crippen LogP contribution in [0.25, 0.3) is 0 Å². The highest BCUT2D eigenvalue weighted by Gasteiger charge is 2.24. The second-order valence-electron chi connectivity index (χ2n) is 7.22. The maximum atomic E-state index is 12.6. The van der Waals surface area contributed by atoms with Crippen molar-refractivity contribution in [1.29, 1.82) is 0 Å². The van der Waals surface area contributed by atoms with E-state index in [4.69, 9.17) is 11.6 Å². The van der Waals surface area contributed by atoms with Crippen molar-refractivity contribution in [3.63, 3.8) is 0 Å². The Morgan fingerprint density at radius 3 is 2.08 bits per heavy atom. The van der Waals surface area contributed by atoms with Gasteiger partial charge in [0.2, 0.25) is 10.0 Å². The summed E-state index contributed by atoms with van der Waals surface area (Å²) in [6.07, 6.45) is 5.89. The molecule has 0 amide bonds. The van der Waals surface area contributed by atoms with Crippen LogP contribution in [-0.4, -0.2) is 51.9 Å². The van der Waals surface area contributed by atoms with Crippen molar-refractivity contribution in [1.82, 2.24) is 9.21 Å². The summed E-state index contributed by atoms with van der Waals surface area (Å²) < 4.78 is 26.6. The van der Waals surface area contributed by atoms with E-state index < -0.39 is 10.0 Å². The lowest BCUT2D eigenvalue weighted by Crippen LogP contribution is -2.30. The van der Waals surface area contributed by atoms with Crippen molar-refractivity contribution in [2.24, 2.45) is 11.8 Å². The van der Waals surface area contributed by atoms with Crippen LogP contribution >= 0.6 is 11.6 Å². The lowest BCUT2D eigenvalue weighted by molar-refractivity contribution is 0.212. The molecule has 0 aliphatic heterocycles. The molecule has 1 fully saturated rings. The molecule has 0 spiro atoms. The third-order valence-electron chi connectivity index (χ3n) is 4.96. The summed E-state index contributed by atoms with van der Waals surface area (Å²) in [7, 11) is 2.51. The van der Waals surface area contributed by atoms with Crippen LogP contribution in [0.1, 0.15) is 32.1 Å². The van der Waals surface area contributed by atoms with Gasteiger partial charge in [-0.25, -0.2) is 12.7 Å². The molecular weight excluding hydrogens is 344 g/mol. The van der Waals surface area contributed by atoms with Gasteiger partial charge in [-0.3, -0.25) is 0 Å². The minimum Gasteiger partial charge on any atom is -0.309 e. The average Bonchev–Trinajstić information content (AvgIpc) is 2.53. The third kappa shape index (κ3) is 5.45. The van der Waals surface area contributed by atoms with E-state index in [9.17, 15) is 8.42 Å². The predicted molar refractivity (Wildman–Crippen MR) is 99.9 cm³/mol. The fourth-order valence-corrected chi connectivity index (χ4v) is 4.80. The Kier molecular flexibility index (Phi) is 7.10. The molecule has 136 valence electrons. The Balaban J connectivity index is 1.83. The molecular formula is C18H29ClN2O2S. The van der Waals surface area contributed by atoms with Crippen molar-refractivity contribution in [3.05, 3.63) is 29.3 Å². The van der Waals surface area contributed by atoms with Crippen LogP contribution in [-0.2, 0) is 10.0 Å². The SMILES string of the molecule is CN(C)CC1CCC(CCN(C)S(=O)(=O)c2ccc(Cl)cc2)CC1. The quantitative estimate of drug-likeness (QED) is 0.732. The van der Waals surface area contributed by atoms with E-state index in [0.29, 0.717) is 22.4 Å². The molecule has 0 aromatic heterocycles. The van der Waals surface area contributed by atoms with E-state index in [1.807, 2.05) is 0 Å². The van der Waals surface area contributed by atoms with E-state index in [0.717, 1.165) is 18.9 Å². The van der Waals surface area contributed by atoms with Gasteiger partial charge >= 0.3 is 0 Å². The van der Waals surface area contributed by atoms with Crippen LogP contribution in [0.2, 0.25) is 5.02 Å². The van der Waals surface area contributed by atoms with E-state index in [-0.39, 0.29) is 0 Å². The van der Waals surface area contributed by atoms with Crippen LogP contribution in [0, 0.1) is 11.8 Å². The standard InChI is InChI=1S/C18H29ClN2O2S/c1-20(2)14-16-6-4-15(5-7-16)12-13-21(3)24(22,23)18-10-8-17(19)9-11-18/h8-11,15-16H,4-7,12-14H2,1-3H3. The fraction of sp³-hybridized carbons (Fsp3) is 0.667. The molecule has 0 heterocycles. The first-order chi connectivity index (χ1) is 11.3. The summed E-state index contributed by atoms with van der Waals surface area (Å²) in [6, 6.07) is 6.38. The van der Waals surface area contributed by atoms with Crippen LogP contribution < -0.4 is 0 Å². The summed E-state index contributed by atoms with van der Waals surface area (Å²) in [5, 5.41) is 0.547. The highest BCUT2D eigenvalue weighted by atomic mass is 35.5. The van der Waals surface area contributed by atoms with Crippen molar-refractivity contribution in [3.8, 4) is 0 Å². The zero-order valence-corrected chi connectivity index (χ0v) is 16.5. The number of hydrogen-bond acceptors (Lipinski definition) is 3. The summed E-state index contributed by atoms with van der Waals surface area (Å²) in [5.74, 6) is 1.44. The molecule has 1 aliphatic rings. The number of nitrogens with zero attached hydrogens (tertiary/aromatic N) is 2. The lowest BCUT2D eigenvalue weighted by Gasteiger charge is -2.31. The van der Waals surface area contributed by atoms with E-state index in [2.05, 4.69) is 19.0 Å². The van der Waals surface area contributed by atoms with Gasteiger partial charge in [-0.2, -0.15) is 0 Å². The minimum absolute atomic E-state index is 0.309. The van der Waals surface area contributed by atoms with Crippen LogP contribution in [0.4, 0.5) is 0 Å². The second-order valence-corrected chi connectivity index (χ2v) is 9.70. The monoisotopic (exact) mass is 372 g/mol. The highest BCUT2D eigenvalue weighted by molar-refractivity contribution is 7.89. The average molecular weight is 373 g/mol. The molecule has 0 radical (unpaired) electrons. The first-order valence-electron chi connectivity index (χ1n) is 8.65. The van der Waals surface area contributed by atoms with E-state index in [1.54, 1.807) is 31.3 Å². The Hall–Kier alpha value is -0.620. The van der Waals surface area contributed by atoms with E-state index >= 15 is 0 Å². The van der Waals surface area contributed by atoms with Gasteiger partial charge < -0.3 is 4.90 Å². The van der Waals surface area contributed by atoms with Crippen LogP contribution in [0.15, 0.2) is 29.2 Å². The molecule has 24 heavy (non-hydrogen) atoms. The largest absolute Gasteiger partial charge is 0.309 e. The Labute approximate surface area is 151 Å². The smallest absolute Gasteiger partial charge is 0.242 e. The number of hydrogen-bond donors (Lipinski definition) is 0. The van der Waals surface area contributed by atoms with Gasteiger partial charge in [-0.05, 0) is 69.5 Å². The van der Waals surface area contributed by atoms with Crippen molar-refractivity contribution < 1.29 is 8.42 Å². The van der Waals surface area contributed by atoms with Gasteiger partial charge in [0.15, 0.2) is 0 Å². The van der Waals surface area contributed by atoms with Crippen molar-refractivity contribution in [2.75, 3.05) is 34.2 Å². The molecule has 1 saturated carbocycles. The zero-order chi connectivity index (χ0) is 17.7. The van der Waals surface area contributed by atoms with Gasteiger partial charge in [0, 0.05) is 25.2 Å². The molecule has 0 N–H and O–H groups in total. The van der Waals surface area contributed by atoms with Crippen molar-refractivity contribution in [2.45, 2.75) is 37.0 Å². The Morgan fingerprint density at radius 2 is 1.54 bits per heavy atom. The first kappa shape index (κ1) is 19.7. The lowest BCUT2D eigenvalue weighted by atomic mass is 9.80. The maximum Gasteiger partial charge on any atom is 0.242 e. The molecule has 0 atom stereocenters. The highest BCUT2D eigenvalue weighted by Crippen LogP contribution is 2.31. The normalized spacial score (nSPS) is 22.2. The number of halogens is 1. The van der Waals surface area contributed by atoms with Gasteiger partial charge in [0.1, 0.15) is 0 Å². The molecule has 1 aromatic rings. The summed E-state index contributed by atoms with van der Waals surface area (Å²) in [4.78, 5) is 2.57. The molecule has 0 bridgehead atoms. The molecule has 2 rings (SSSR count). The number of sulfonamides is 1. The van der Waals surface area contributed by atoms with Crippen LogP contribution in [0.5, 0.6) is 0 Å². The molecule has 1 aliphatic carbocycles. The molecule has 1 aromatic carbocycles. The maximum absolute atomic E-state index is 12.6. The molecule has 0 saturated heterocycles. The second kappa shape index (κ2) is 8.65. The Bertz CT molecular complexity index is 608. The first-order valence-corrected chi connectivity index (χ1v) is 10.5. The number of rotatable bonds is 7. The third-order valence-corrected chi connectivity index (χ3v) is 7.09. The van der Waals surface area contributed by atoms with Gasteiger partial charge in [-0.1, -0.05) is 24.4 Å². The van der Waals surface area contributed by atoms with E-state index in [1.165, 1.54) is 30.0 Å². The fourth-order valence-electron chi connectivity index (χ4n) is 3.49. The topological polar surface area (TPSA) is 40.6 Å². The predicted octanol–water partition coefficient (Wildman–Crippen LogP) is 3.72. The molecule has 0 unspecified atom stereocenters. The number of benzene rings is 1. The zero-order valence-electron chi connectivity index (χ0n) is 14.9. The minimum atomic E-state index is -3.42. The van der Waals surface area contributed by atoms with Crippen molar-refractivity contribution >= 4 is 21.6 Å². The Morgan fingerprint density at radius 1 is 1.00 bits per heavy atom. The van der Waals surface area contributed by atoms with Crippen LogP contribution in [0.3, 0.4) is 0 Å². The summed E-state index contributed by atoms with van der Waals surface area (Å²) in [6.45, 7) is 1.74. The summed E-state index contributed by atoms with van der Waals surface area (Å²) in [5.41, 5.74) is 0.